The van der Waals surface area contributed by atoms with E-state index in [2.05, 4.69) is 14.5 Å². The van der Waals surface area contributed by atoms with Crippen molar-refractivity contribution < 1.29 is 26.3 Å². The molecule has 1 aromatic heterocycles. The summed E-state index contributed by atoms with van der Waals surface area (Å²) in [7, 11) is -0.0311. The summed E-state index contributed by atoms with van der Waals surface area (Å²) in [6.07, 6.45) is 1.29. The van der Waals surface area contributed by atoms with E-state index >= 15 is 0 Å². The fraction of sp³-hybridized carbons (Fsp3) is 0.167. The molecule has 152 valence electrons. The van der Waals surface area contributed by atoms with E-state index in [0.29, 0.717) is 22.3 Å². The number of fused-ring (bicyclic) bond motifs is 1. The predicted octanol–water partition coefficient (Wildman–Crippen LogP) is 3.21. The van der Waals surface area contributed by atoms with Crippen LogP contribution in [0.5, 0.6) is 11.5 Å². The molecule has 1 N–H and O–H groups in total. The minimum absolute atomic E-state index is 0.0111. The molecule has 0 aliphatic heterocycles. The van der Waals surface area contributed by atoms with Crippen molar-refractivity contribution in [2.75, 3.05) is 21.2 Å². The van der Waals surface area contributed by atoms with Gasteiger partial charge in [0.25, 0.3) is 0 Å². The summed E-state index contributed by atoms with van der Waals surface area (Å²) in [5.74, 6) is 0.295. The lowest BCUT2D eigenvalue weighted by atomic mass is 10.0. The number of nitrogens with zero attached hydrogens (tertiary/aromatic N) is 3. The monoisotopic (exact) mass is 419 g/mol. The van der Waals surface area contributed by atoms with Crippen LogP contribution in [-0.2, 0) is 10.4 Å². The van der Waals surface area contributed by atoms with Crippen LogP contribution in [0.3, 0.4) is 0 Å². The third-order valence-electron chi connectivity index (χ3n) is 3.78. The quantitative estimate of drug-likeness (QED) is 0.366. The van der Waals surface area contributed by atoms with Gasteiger partial charge in [0.15, 0.2) is 11.2 Å². The Labute approximate surface area is 165 Å². The Morgan fingerprint density at radius 3 is 2.55 bits per heavy atom. The van der Waals surface area contributed by atoms with Gasteiger partial charge in [0.2, 0.25) is 0 Å². The Hall–Kier alpha value is -3.44. The molecule has 10 nitrogen and oxygen atoms in total. The molecule has 3 rings (SSSR count). The standard InChI is InChI=1S/C18H17N3O7S/c1-21(2)20-19-15-8-11(4-7-16(15)28-29(23,24)25)14-10-27-17-9-12(26-3)5-6-13(17)18(14)22/h4-10H,1-3H3,(H,23,24,25). The van der Waals surface area contributed by atoms with Crippen molar-refractivity contribution in [1.29, 1.82) is 0 Å². The second-order valence-electron chi connectivity index (χ2n) is 6.07. The van der Waals surface area contributed by atoms with Crippen molar-refractivity contribution in [2.24, 2.45) is 10.3 Å². The van der Waals surface area contributed by atoms with Crippen LogP contribution in [0.15, 0.2) is 62.2 Å². The largest absolute Gasteiger partial charge is 0.497 e. The summed E-state index contributed by atoms with van der Waals surface area (Å²) >= 11 is 0. The lowest BCUT2D eigenvalue weighted by Crippen LogP contribution is -2.07. The molecule has 0 aliphatic carbocycles. The van der Waals surface area contributed by atoms with Crippen LogP contribution in [0, 0.1) is 0 Å². The fourth-order valence-electron chi connectivity index (χ4n) is 2.52. The Kier molecular flexibility index (Phi) is 5.52. The van der Waals surface area contributed by atoms with Gasteiger partial charge in [-0.2, -0.15) is 8.42 Å². The summed E-state index contributed by atoms with van der Waals surface area (Å²) in [5.41, 5.74) is 0.669. The van der Waals surface area contributed by atoms with Crippen molar-refractivity contribution >= 4 is 27.1 Å². The molecule has 0 fully saturated rings. The first-order valence-corrected chi connectivity index (χ1v) is 9.54. The van der Waals surface area contributed by atoms with Crippen molar-refractivity contribution in [1.82, 2.24) is 5.01 Å². The third-order valence-corrected chi connectivity index (χ3v) is 4.17. The topological polar surface area (TPSA) is 131 Å². The lowest BCUT2D eigenvalue weighted by Gasteiger charge is -2.09. The molecule has 1 heterocycles. The highest BCUT2D eigenvalue weighted by Gasteiger charge is 2.16. The van der Waals surface area contributed by atoms with Gasteiger partial charge < -0.3 is 13.3 Å². The highest BCUT2D eigenvalue weighted by atomic mass is 32.3. The van der Waals surface area contributed by atoms with Gasteiger partial charge >= 0.3 is 10.4 Å². The molecular weight excluding hydrogens is 402 g/mol. The van der Waals surface area contributed by atoms with E-state index in [-0.39, 0.29) is 22.4 Å². The highest BCUT2D eigenvalue weighted by Crippen LogP contribution is 2.34. The summed E-state index contributed by atoms with van der Waals surface area (Å²) in [5, 5.41) is 9.41. The Bertz CT molecular complexity index is 1250. The SMILES string of the molecule is COc1ccc2c(=O)c(-c3ccc(OS(=O)(=O)O)c(N=NN(C)C)c3)coc2c1. The Morgan fingerprint density at radius 1 is 1.14 bits per heavy atom. The van der Waals surface area contributed by atoms with Crippen molar-refractivity contribution in [3.05, 3.63) is 52.9 Å². The molecule has 0 bridgehead atoms. The molecule has 3 aromatic rings. The molecule has 0 aliphatic rings. The lowest BCUT2D eigenvalue weighted by molar-refractivity contribution is 0.385. The maximum Gasteiger partial charge on any atom is 0.446 e. The molecule has 0 unspecified atom stereocenters. The van der Waals surface area contributed by atoms with E-state index in [4.69, 9.17) is 13.7 Å². The highest BCUT2D eigenvalue weighted by molar-refractivity contribution is 7.81. The third kappa shape index (κ3) is 4.70. The van der Waals surface area contributed by atoms with Crippen LogP contribution in [-0.4, -0.2) is 39.2 Å². The van der Waals surface area contributed by atoms with E-state index < -0.39 is 10.4 Å². The van der Waals surface area contributed by atoms with E-state index in [1.54, 1.807) is 32.3 Å². The fourth-order valence-corrected chi connectivity index (χ4v) is 2.89. The first-order valence-electron chi connectivity index (χ1n) is 8.18. The van der Waals surface area contributed by atoms with Gasteiger partial charge in [-0.05, 0) is 29.8 Å². The number of benzene rings is 2. The van der Waals surface area contributed by atoms with Crippen LogP contribution in [0.4, 0.5) is 5.69 Å². The number of hydrogen-bond acceptors (Lipinski definition) is 8. The maximum absolute atomic E-state index is 12.9. The smallest absolute Gasteiger partial charge is 0.446 e. The van der Waals surface area contributed by atoms with Crippen molar-refractivity contribution in [3.63, 3.8) is 0 Å². The van der Waals surface area contributed by atoms with Gasteiger partial charge in [0, 0.05) is 20.2 Å². The summed E-state index contributed by atoms with van der Waals surface area (Å²) in [6, 6.07) is 8.92. The minimum atomic E-state index is -4.77. The molecule has 0 saturated heterocycles. The van der Waals surface area contributed by atoms with E-state index in [0.717, 1.165) is 0 Å². The van der Waals surface area contributed by atoms with Crippen LogP contribution in [0.2, 0.25) is 0 Å². The Balaban J connectivity index is 2.14. The number of rotatable bonds is 6. The summed E-state index contributed by atoms with van der Waals surface area (Å²) in [6.45, 7) is 0. The number of methoxy groups -OCH3 is 1. The molecule has 0 atom stereocenters. The normalized spacial score (nSPS) is 11.7. The van der Waals surface area contributed by atoms with E-state index in [1.165, 1.54) is 36.6 Å². The van der Waals surface area contributed by atoms with Crippen LogP contribution < -0.4 is 14.3 Å². The zero-order valence-electron chi connectivity index (χ0n) is 15.7. The summed E-state index contributed by atoms with van der Waals surface area (Å²) < 4.78 is 46.3. The second kappa shape index (κ2) is 7.89. The van der Waals surface area contributed by atoms with Crippen molar-refractivity contribution in [3.8, 4) is 22.6 Å². The molecule has 29 heavy (non-hydrogen) atoms. The molecule has 0 saturated carbocycles. The first kappa shape index (κ1) is 20.3. The molecule has 0 amide bonds. The number of ether oxygens (including phenoxy) is 1. The Morgan fingerprint density at radius 2 is 1.90 bits per heavy atom. The van der Waals surface area contributed by atoms with Crippen LogP contribution >= 0.6 is 0 Å². The number of hydrogen-bond donors (Lipinski definition) is 1. The molecule has 11 heteroatoms. The summed E-state index contributed by atoms with van der Waals surface area (Å²) in [4.78, 5) is 12.9. The average molecular weight is 419 g/mol. The van der Waals surface area contributed by atoms with Gasteiger partial charge in [0.05, 0.1) is 18.1 Å². The average Bonchev–Trinajstić information content (AvgIpc) is 2.66. The molecular formula is C18H17N3O7S. The molecule has 0 spiro atoms. The first-order chi connectivity index (χ1) is 13.7. The molecule has 0 radical (unpaired) electrons. The minimum Gasteiger partial charge on any atom is -0.497 e. The second-order valence-corrected chi connectivity index (χ2v) is 7.09. The van der Waals surface area contributed by atoms with Gasteiger partial charge in [0.1, 0.15) is 23.3 Å². The van der Waals surface area contributed by atoms with Crippen LogP contribution in [0.25, 0.3) is 22.1 Å². The van der Waals surface area contributed by atoms with Gasteiger partial charge in [-0.15, -0.1) is 5.11 Å². The molecule has 2 aromatic carbocycles. The van der Waals surface area contributed by atoms with Crippen molar-refractivity contribution in [2.45, 2.75) is 0 Å². The van der Waals surface area contributed by atoms with Gasteiger partial charge in [-0.1, -0.05) is 11.3 Å². The van der Waals surface area contributed by atoms with Gasteiger partial charge in [-0.25, -0.2) is 0 Å². The van der Waals surface area contributed by atoms with Gasteiger partial charge in [-0.3, -0.25) is 14.4 Å². The predicted molar refractivity (Wildman–Crippen MR) is 105 cm³/mol. The van der Waals surface area contributed by atoms with E-state index in [9.17, 15) is 13.2 Å². The van der Waals surface area contributed by atoms with Crippen LogP contribution in [0.1, 0.15) is 0 Å². The maximum atomic E-state index is 12.9. The zero-order valence-corrected chi connectivity index (χ0v) is 16.5. The van der Waals surface area contributed by atoms with E-state index in [1.807, 2.05) is 0 Å². The zero-order chi connectivity index (χ0) is 21.2.